The zero-order valence-electron chi connectivity index (χ0n) is 24.0. The summed E-state index contributed by atoms with van der Waals surface area (Å²) in [6, 6.07) is 8.53. The second-order valence-corrected chi connectivity index (χ2v) is 12.8. The Hall–Kier alpha value is -3.39. The summed E-state index contributed by atoms with van der Waals surface area (Å²) in [6.45, 7) is 3.86. The molecule has 0 aliphatic carbocycles. The van der Waals surface area contributed by atoms with Crippen LogP contribution in [-0.2, 0) is 28.7 Å². The fraction of sp³-hybridized carbons (Fsp3) is 0.467. The summed E-state index contributed by atoms with van der Waals surface area (Å²) >= 11 is 0. The van der Waals surface area contributed by atoms with Gasteiger partial charge in [0.05, 0.1) is 16.1 Å². The van der Waals surface area contributed by atoms with E-state index in [-0.39, 0.29) is 29.5 Å². The maximum Gasteiger partial charge on any atom is 0.258 e. The lowest BCUT2D eigenvalue weighted by atomic mass is 10.1. The van der Waals surface area contributed by atoms with Gasteiger partial charge in [-0.2, -0.15) is 5.10 Å². The Morgan fingerprint density at radius 3 is 2.56 bits per heavy atom. The first-order valence-corrected chi connectivity index (χ1v) is 15.8. The van der Waals surface area contributed by atoms with Crippen LogP contribution >= 0.6 is 0 Å². The van der Waals surface area contributed by atoms with Gasteiger partial charge in [0, 0.05) is 75.2 Å². The van der Waals surface area contributed by atoms with Crippen molar-refractivity contribution in [3.05, 3.63) is 64.9 Å². The summed E-state index contributed by atoms with van der Waals surface area (Å²) in [5, 5.41) is 13.8. The third-order valence-corrected chi connectivity index (χ3v) is 9.61. The van der Waals surface area contributed by atoms with Crippen LogP contribution in [0.3, 0.4) is 0 Å². The molecule has 0 radical (unpaired) electrons. The van der Waals surface area contributed by atoms with Gasteiger partial charge < -0.3 is 25.0 Å². The summed E-state index contributed by atoms with van der Waals surface area (Å²) in [5.74, 6) is -0.879. The van der Waals surface area contributed by atoms with E-state index in [4.69, 9.17) is 9.47 Å². The maximum absolute atomic E-state index is 13.8. The standard InChI is InChI=1S/C30H36F2N6O4S/c1-37-9-4-22(5-10-37)42-23-2-3-25(28(17-23)33-21-7-12-41-13-8-21)30(39)34-29-26-18-38(11-6-27(26)35-36-29)43(40)24-15-19(31)14-20(32)16-24/h2-3,14-17,21-22,33H,4-13,18H2,1H3,(H2,34,35,36,39). The number of aromatic nitrogens is 2. The third kappa shape index (κ3) is 7.06. The van der Waals surface area contributed by atoms with Crippen molar-refractivity contribution in [2.24, 2.45) is 0 Å². The third-order valence-electron chi connectivity index (χ3n) is 8.19. The van der Waals surface area contributed by atoms with E-state index in [2.05, 4.69) is 32.8 Å². The summed E-state index contributed by atoms with van der Waals surface area (Å²) in [4.78, 5) is 16.0. The fourth-order valence-corrected chi connectivity index (χ4v) is 6.97. The van der Waals surface area contributed by atoms with Gasteiger partial charge in [0.1, 0.15) is 34.5 Å². The molecule has 2 fully saturated rings. The molecule has 13 heteroatoms. The number of ether oxygens (including phenoxy) is 2. The lowest BCUT2D eigenvalue weighted by Crippen LogP contribution is -2.35. The minimum absolute atomic E-state index is 0.0430. The van der Waals surface area contributed by atoms with E-state index >= 15 is 0 Å². The molecule has 2 saturated heterocycles. The van der Waals surface area contributed by atoms with E-state index in [1.165, 1.54) is 0 Å². The van der Waals surface area contributed by atoms with Gasteiger partial charge in [-0.25, -0.2) is 17.3 Å². The molecule has 230 valence electrons. The highest BCUT2D eigenvalue weighted by molar-refractivity contribution is 7.82. The van der Waals surface area contributed by atoms with Crippen molar-refractivity contribution in [3.63, 3.8) is 0 Å². The van der Waals surface area contributed by atoms with E-state index in [1.807, 2.05) is 12.1 Å². The highest BCUT2D eigenvalue weighted by Crippen LogP contribution is 2.31. The van der Waals surface area contributed by atoms with E-state index in [0.717, 1.165) is 62.7 Å². The van der Waals surface area contributed by atoms with E-state index in [0.29, 0.717) is 54.6 Å². The molecule has 10 nitrogen and oxygen atoms in total. The molecule has 3 N–H and O–H groups in total. The van der Waals surface area contributed by atoms with Crippen LogP contribution in [0, 0.1) is 11.6 Å². The maximum atomic E-state index is 13.8. The number of hydrogen-bond donors (Lipinski definition) is 3. The van der Waals surface area contributed by atoms with Gasteiger partial charge in [0.15, 0.2) is 5.82 Å². The molecule has 1 unspecified atom stereocenters. The molecule has 3 aliphatic heterocycles. The molecule has 1 aromatic heterocycles. The zero-order chi connectivity index (χ0) is 29.9. The van der Waals surface area contributed by atoms with Gasteiger partial charge in [0.25, 0.3) is 5.91 Å². The molecule has 0 saturated carbocycles. The molecule has 6 rings (SSSR count). The van der Waals surface area contributed by atoms with Gasteiger partial charge in [-0.1, -0.05) is 0 Å². The fourth-order valence-electron chi connectivity index (χ4n) is 5.74. The van der Waals surface area contributed by atoms with Gasteiger partial charge >= 0.3 is 0 Å². The van der Waals surface area contributed by atoms with Crippen LogP contribution in [-0.4, -0.2) is 81.6 Å². The molecule has 1 amide bonds. The van der Waals surface area contributed by atoms with Crippen LogP contribution in [0.4, 0.5) is 20.3 Å². The Balaban J connectivity index is 1.20. The lowest BCUT2D eigenvalue weighted by Gasteiger charge is -2.30. The first-order valence-electron chi connectivity index (χ1n) is 14.7. The number of benzene rings is 2. The molecule has 0 spiro atoms. The summed E-state index contributed by atoms with van der Waals surface area (Å²) in [6.07, 6.45) is 4.16. The van der Waals surface area contributed by atoms with Crippen molar-refractivity contribution in [1.29, 1.82) is 0 Å². The highest BCUT2D eigenvalue weighted by Gasteiger charge is 2.28. The Morgan fingerprint density at radius 1 is 1.07 bits per heavy atom. The predicted octanol–water partition coefficient (Wildman–Crippen LogP) is 4.09. The van der Waals surface area contributed by atoms with Crippen molar-refractivity contribution in [2.75, 3.05) is 50.5 Å². The van der Waals surface area contributed by atoms with Gasteiger partial charge in [-0.05, 0) is 57.0 Å². The molecule has 3 aromatic rings. The summed E-state index contributed by atoms with van der Waals surface area (Å²) in [7, 11) is 0.317. The first-order chi connectivity index (χ1) is 20.8. The number of H-pyrrole nitrogens is 1. The summed E-state index contributed by atoms with van der Waals surface area (Å²) in [5.41, 5.74) is 2.63. The average molecular weight is 615 g/mol. The van der Waals surface area contributed by atoms with Crippen molar-refractivity contribution in [3.8, 4) is 5.75 Å². The van der Waals surface area contributed by atoms with Crippen molar-refractivity contribution in [1.82, 2.24) is 19.4 Å². The number of nitrogens with one attached hydrogen (secondary N) is 3. The number of carbonyl (C=O) groups excluding carboxylic acids is 1. The van der Waals surface area contributed by atoms with E-state index < -0.39 is 22.6 Å². The zero-order valence-corrected chi connectivity index (χ0v) is 24.9. The topological polar surface area (TPSA) is 112 Å². The normalized spacial score (nSPS) is 19.5. The molecular formula is C30H36F2N6O4S. The number of rotatable bonds is 8. The first kappa shape index (κ1) is 29.7. The number of carbonyl (C=O) groups is 1. The van der Waals surface area contributed by atoms with Gasteiger partial charge in [-0.15, -0.1) is 0 Å². The van der Waals surface area contributed by atoms with Crippen LogP contribution in [0.5, 0.6) is 5.75 Å². The van der Waals surface area contributed by atoms with Gasteiger partial charge in [0.2, 0.25) is 0 Å². The molecular weight excluding hydrogens is 578 g/mol. The monoisotopic (exact) mass is 614 g/mol. The van der Waals surface area contributed by atoms with E-state index in [9.17, 15) is 17.8 Å². The summed E-state index contributed by atoms with van der Waals surface area (Å²) < 4.78 is 54.2. The van der Waals surface area contributed by atoms with Gasteiger partial charge in [-0.3, -0.25) is 9.89 Å². The molecule has 4 heterocycles. The molecule has 0 bridgehead atoms. The smallest absolute Gasteiger partial charge is 0.258 e. The number of halogens is 2. The molecule has 2 aromatic carbocycles. The second kappa shape index (κ2) is 13.1. The molecule has 1 atom stereocenters. The van der Waals surface area contributed by atoms with E-state index in [1.54, 1.807) is 10.4 Å². The Labute approximate surface area is 251 Å². The van der Waals surface area contributed by atoms with Crippen molar-refractivity contribution >= 4 is 28.4 Å². The van der Waals surface area contributed by atoms with Crippen LogP contribution in [0.2, 0.25) is 0 Å². The predicted molar refractivity (Wildman–Crippen MR) is 158 cm³/mol. The minimum atomic E-state index is -1.79. The number of likely N-dealkylation sites (tertiary alicyclic amines) is 1. The van der Waals surface area contributed by atoms with Crippen LogP contribution in [0.15, 0.2) is 41.3 Å². The van der Waals surface area contributed by atoms with Crippen molar-refractivity contribution < 1.29 is 27.3 Å². The molecule has 3 aliphatic rings. The SMILES string of the molecule is CN1CCC(Oc2ccc(C(=O)Nc3n[nH]c4c3CN(S(=O)c3cc(F)cc(F)c3)CC4)c(NC3CCOCC3)c2)CC1. The quantitative estimate of drug-likeness (QED) is 0.351. The minimum Gasteiger partial charge on any atom is -0.490 e. The Bertz CT molecular complexity index is 1470. The number of aromatic amines is 1. The number of anilines is 2. The Kier molecular flexibility index (Phi) is 9.03. The van der Waals surface area contributed by atoms with Crippen LogP contribution < -0.4 is 15.4 Å². The number of hydrogen-bond acceptors (Lipinski definition) is 7. The average Bonchev–Trinajstić information content (AvgIpc) is 3.40. The van der Waals surface area contributed by atoms with Crippen LogP contribution in [0.1, 0.15) is 47.3 Å². The Morgan fingerprint density at radius 2 is 1.81 bits per heavy atom. The molecule has 43 heavy (non-hydrogen) atoms. The van der Waals surface area contributed by atoms with Crippen LogP contribution in [0.25, 0.3) is 0 Å². The lowest BCUT2D eigenvalue weighted by molar-refractivity contribution is 0.0904. The van der Waals surface area contributed by atoms with Crippen molar-refractivity contribution in [2.45, 2.75) is 55.7 Å². The number of piperidine rings is 1. The second-order valence-electron chi connectivity index (χ2n) is 11.3. The number of amides is 1. The number of nitrogens with zero attached hydrogens (tertiary/aromatic N) is 3. The number of fused-ring (bicyclic) bond motifs is 1. The largest absolute Gasteiger partial charge is 0.490 e. The highest BCUT2D eigenvalue weighted by atomic mass is 32.2.